The Bertz CT molecular complexity index is 944. The first-order valence-corrected chi connectivity index (χ1v) is 8.92. The molecule has 1 aliphatic carbocycles. The van der Waals surface area contributed by atoms with E-state index in [4.69, 9.17) is 11.6 Å². The van der Waals surface area contributed by atoms with Crippen molar-refractivity contribution in [1.29, 1.82) is 0 Å². The molecule has 2 aromatic carbocycles. The monoisotopic (exact) mass is 354 g/mol. The molecule has 1 fully saturated rings. The van der Waals surface area contributed by atoms with Gasteiger partial charge in [0.1, 0.15) is 5.52 Å². The lowest BCUT2D eigenvalue weighted by Crippen LogP contribution is -2.13. The molecule has 0 bridgehead atoms. The molecule has 1 N–H and O–H groups in total. The van der Waals surface area contributed by atoms with E-state index in [1.54, 1.807) is 18.2 Å². The maximum atomic E-state index is 12.6. The minimum atomic E-state index is -0.178. The van der Waals surface area contributed by atoms with Crippen molar-refractivity contribution in [2.45, 2.75) is 38.6 Å². The molecule has 0 radical (unpaired) electrons. The Hall–Kier alpha value is -2.40. The number of hydrogen-bond acceptors (Lipinski definition) is 3. The lowest BCUT2D eigenvalue weighted by Gasteiger charge is -2.10. The zero-order valence-corrected chi connectivity index (χ0v) is 14.8. The first kappa shape index (κ1) is 16.1. The number of rotatable bonds is 3. The van der Waals surface area contributed by atoms with E-state index in [0.29, 0.717) is 22.3 Å². The molecule has 0 saturated heterocycles. The van der Waals surface area contributed by atoms with Crippen molar-refractivity contribution in [1.82, 2.24) is 15.0 Å². The minimum absolute atomic E-state index is 0.178. The van der Waals surface area contributed by atoms with Gasteiger partial charge in [-0.1, -0.05) is 35.7 Å². The van der Waals surface area contributed by atoms with E-state index in [-0.39, 0.29) is 5.91 Å². The third-order valence-corrected chi connectivity index (χ3v) is 5.09. The van der Waals surface area contributed by atoms with Crippen LogP contribution in [0.25, 0.3) is 11.0 Å². The van der Waals surface area contributed by atoms with Crippen LogP contribution < -0.4 is 5.32 Å². The van der Waals surface area contributed by atoms with Gasteiger partial charge in [-0.2, -0.15) is 0 Å². The van der Waals surface area contributed by atoms with E-state index >= 15 is 0 Å². The number of nitrogens with one attached hydrogen (secondary N) is 1. The van der Waals surface area contributed by atoms with Crippen LogP contribution in [0.3, 0.4) is 0 Å². The molecule has 4 rings (SSSR count). The summed E-state index contributed by atoms with van der Waals surface area (Å²) in [5, 5.41) is 12.1. The number of amides is 1. The van der Waals surface area contributed by atoms with Crippen LogP contribution in [0.1, 0.15) is 47.6 Å². The van der Waals surface area contributed by atoms with Crippen LogP contribution in [0.15, 0.2) is 36.4 Å². The molecule has 128 valence electrons. The number of carbonyl (C=O) groups excluding carboxylic acids is 1. The van der Waals surface area contributed by atoms with E-state index in [1.165, 1.54) is 12.8 Å². The number of anilines is 1. The number of benzene rings is 2. The fourth-order valence-electron chi connectivity index (χ4n) is 3.42. The van der Waals surface area contributed by atoms with Gasteiger partial charge in [0.15, 0.2) is 0 Å². The molecule has 0 spiro atoms. The van der Waals surface area contributed by atoms with Crippen molar-refractivity contribution in [3.05, 3.63) is 52.5 Å². The van der Waals surface area contributed by atoms with Gasteiger partial charge < -0.3 is 5.32 Å². The second kappa shape index (κ2) is 6.48. The first-order chi connectivity index (χ1) is 12.1. The average molecular weight is 355 g/mol. The summed E-state index contributed by atoms with van der Waals surface area (Å²) < 4.78 is 2.01. The van der Waals surface area contributed by atoms with Gasteiger partial charge in [-0.25, -0.2) is 4.68 Å². The molecule has 5 nitrogen and oxygen atoms in total. The summed E-state index contributed by atoms with van der Waals surface area (Å²) in [4.78, 5) is 12.6. The van der Waals surface area contributed by atoms with Crippen molar-refractivity contribution in [3.63, 3.8) is 0 Å². The normalized spacial score (nSPS) is 15.0. The third kappa shape index (κ3) is 3.12. The van der Waals surface area contributed by atoms with E-state index < -0.39 is 0 Å². The lowest BCUT2D eigenvalue weighted by molar-refractivity contribution is 0.102. The van der Waals surface area contributed by atoms with Crippen molar-refractivity contribution in [2.24, 2.45) is 0 Å². The number of aryl methyl sites for hydroxylation is 1. The summed E-state index contributed by atoms with van der Waals surface area (Å²) in [7, 11) is 0. The van der Waals surface area contributed by atoms with Gasteiger partial charge in [-0.15, -0.1) is 5.10 Å². The number of carbonyl (C=O) groups is 1. The molecule has 6 heteroatoms. The van der Waals surface area contributed by atoms with E-state index in [2.05, 4.69) is 15.6 Å². The van der Waals surface area contributed by atoms with Crippen molar-refractivity contribution in [2.75, 3.05) is 5.32 Å². The Kier molecular flexibility index (Phi) is 4.17. The van der Waals surface area contributed by atoms with Crippen LogP contribution >= 0.6 is 11.6 Å². The lowest BCUT2D eigenvalue weighted by atomic mass is 10.1. The van der Waals surface area contributed by atoms with Crippen molar-refractivity contribution < 1.29 is 4.79 Å². The summed E-state index contributed by atoms with van der Waals surface area (Å²) in [6.07, 6.45) is 4.78. The number of hydrogen-bond donors (Lipinski definition) is 1. The smallest absolute Gasteiger partial charge is 0.255 e. The fourth-order valence-corrected chi connectivity index (χ4v) is 3.60. The van der Waals surface area contributed by atoms with Crippen LogP contribution in [0.2, 0.25) is 5.02 Å². The summed E-state index contributed by atoms with van der Waals surface area (Å²) in [5.74, 6) is -0.178. The molecule has 1 aromatic heterocycles. The van der Waals surface area contributed by atoms with Gasteiger partial charge in [-0.05, 0) is 55.7 Å². The highest BCUT2D eigenvalue weighted by Gasteiger charge is 2.20. The van der Waals surface area contributed by atoms with Crippen LogP contribution in [0, 0.1) is 6.92 Å². The number of fused-ring (bicyclic) bond motifs is 1. The highest BCUT2D eigenvalue weighted by atomic mass is 35.5. The second-order valence-corrected chi connectivity index (χ2v) is 7.03. The van der Waals surface area contributed by atoms with Gasteiger partial charge in [-0.3, -0.25) is 4.79 Å². The van der Waals surface area contributed by atoms with Crippen LogP contribution in [-0.2, 0) is 0 Å². The highest BCUT2D eigenvalue weighted by Crippen LogP contribution is 2.31. The molecule has 1 saturated carbocycles. The molecular formula is C19H19ClN4O. The topological polar surface area (TPSA) is 59.8 Å². The first-order valence-electron chi connectivity index (χ1n) is 8.54. The number of nitrogens with zero attached hydrogens (tertiary/aromatic N) is 3. The van der Waals surface area contributed by atoms with Gasteiger partial charge in [0.25, 0.3) is 5.91 Å². The molecule has 1 amide bonds. The Labute approximate surface area is 151 Å². The zero-order chi connectivity index (χ0) is 17.4. The fraction of sp³-hybridized carbons (Fsp3) is 0.316. The van der Waals surface area contributed by atoms with Gasteiger partial charge in [0.05, 0.1) is 11.6 Å². The van der Waals surface area contributed by atoms with Gasteiger partial charge in [0.2, 0.25) is 0 Å². The maximum Gasteiger partial charge on any atom is 0.255 e. The molecule has 3 aromatic rings. The predicted octanol–water partition coefficient (Wildman–Crippen LogP) is 4.76. The third-order valence-electron chi connectivity index (χ3n) is 4.85. The number of aromatic nitrogens is 3. The van der Waals surface area contributed by atoms with Crippen LogP contribution in [-0.4, -0.2) is 20.9 Å². The molecule has 1 aliphatic rings. The molecule has 0 unspecified atom stereocenters. The summed E-state index contributed by atoms with van der Waals surface area (Å²) in [5.41, 5.74) is 3.98. The van der Waals surface area contributed by atoms with E-state index in [0.717, 1.165) is 29.4 Å². The van der Waals surface area contributed by atoms with Crippen LogP contribution in [0.5, 0.6) is 0 Å². The summed E-state index contributed by atoms with van der Waals surface area (Å²) in [6, 6.07) is 11.4. The Morgan fingerprint density at radius 2 is 2.00 bits per heavy atom. The highest BCUT2D eigenvalue weighted by molar-refractivity contribution is 6.31. The van der Waals surface area contributed by atoms with Crippen molar-refractivity contribution in [3.8, 4) is 0 Å². The van der Waals surface area contributed by atoms with Gasteiger partial charge >= 0.3 is 0 Å². The SMILES string of the molecule is Cc1ccc(Cl)cc1NC(=O)c1ccc2c(c1)nnn2C1CCCC1. The quantitative estimate of drug-likeness (QED) is 0.737. The van der Waals surface area contributed by atoms with Crippen molar-refractivity contribution >= 4 is 34.2 Å². The molecule has 0 atom stereocenters. The minimum Gasteiger partial charge on any atom is -0.322 e. The average Bonchev–Trinajstić information content (AvgIpc) is 3.26. The Balaban J connectivity index is 1.61. The van der Waals surface area contributed by atoms with Gasteiger partial charge in [0, 0.05) is 16.3 Å². The second-order valence-electron chi connectivity index (χ2n) is 6.59. The maximum absolute atomic E-state index is 12.6. The standard InChI is InChI=1S/C19H19ClN4O/c1-12-6-8-14(20)11-16(12)21-19(25)13-7-9-18-17(10-13)22-23-24(18)15-4-2-3-5-15/h6-11,15H,2-5H2,1H3,(H,21,25). The Morgan fingerprint density at radius 3 is 2.80 bits per heavy atom. The molecule has 1 heterocycles. The Morgan fingerprint density at radius 1 is 1.20 bits per heavy atom. The molecule has 0 aliphatic heterocycles. The number of halogens is 1. The van der Waals surface area contributed by atoms with E-state index in [1.807, 2.05) is 29.8 Å². The van der Waals surface area contributed by atoms with E-state index in [9.17, 15) is 4.79 Å². The molecular weight excluding hydrogens is 336 g/mol. The summed E-state index contributed by atoms with van der Waals surface area (Å²) >= 11 is 6.02. The predicted molar refractivity (Wildman–Crippen MR) is 99.2 cm³/mol. The molecule has 25 heavy (non-hydrogen) atoms. The summed E-state index contributed by atoms with van der Waals surface area (Å²) in [6.45, 7) is 1.93. The zero-order valence-electron chi connectivity index (χ0n) is 14.0. The largest absolute Gasteiger partial charge is 0.322 e. The van der Waals surface area contributed by atoms with Crippen LogP contribution in [0.4, 0.5) is 5.69 Å².